The molecule has 1 aromatic rings. The van der Waals surface area contributed by atoms with Crippen LogP contribution in [0.2, 0.25) is 0 Å². The van der Waals surface area contributed by atoms with Crippen molar-refractivity contribution < 1.29 is 21.6 Å². The predicted molar refractivity (Wildman–Crippen MR) is 75.9 cm³/mol. The summed E-state index contributed by atoms with van der Waals surface area (Å²) in [6.07, 6.45) is -3.57. The first kappa shape index (κ1) is 17.0. The standard InChI is InChI=1S/C12H17F3N4O2S/c13-12(14,15)10-1-2-11(17-9-10)19-5-3-18(4-6-19)7-8-22(16,20)21/h1-2,9H,3-8H2,(H2,16,20,21). The normalized spacial score (nSPS) is 17.7. The minimum Gasteiger partial charge on any atom is -0.354 e. The van der Waals surface area contributed by atoms with Crippen LogP contribution in [-0.4, -0.2) is 56.8 Å². The largest absolute Gasteiger partial charge is 0.417 e. The first-order chi connectivity index (χ1) is 10.1. The van der Waals surface area contributed by atoms with Crippen molar-refractivity contribution in [3.05, 3.63) is 23.9 Å². The lowest BCUT2D eigenvalue weighted by molar-refractivity contribution is -0.137. The van der Waals surface area contributed by atoms with Crippen molar-refractivity contribution in [3.8, 4) is 0 Å². The second kappa shape index (κ2) is 6.39. The third-order valence-electron chi connectivity index (χ3n) is 3.46. The zero-order valence-electron chi connectivity index (χ0n) is 11.8. The monoisotopic (exact) mass is 338 g/mol. The summed E-state index contributed by atoms with van der Waals surface area (Å²) in [7, 11) is -3.48. The molecule has 2 rings (SSSR count). The van der Waals surface area contributed by atoms with Gasteiger partial charge in [-0.15, -0.1) is 0 Å². The average Bonchev–Trinajstić information content (AvgIpc) is 2.44. The van der Waals surface area contributed by atoms with E-state index in [-0.39, 0.29) is 5.75 Å². The SMILES string of the molecule is NS(=O)(=O)CCN1CCN(c2ccc(C(F)(F)F)cn2)CC1. The van der Waals surface area contributed by atoms with Gasteiger partial charge in [-0.1, -0.05) is 0 Å². The van der Waals surface area contributed by atoms with Crippen LogP contribution < -0.4 is 10.0 Å². The Morgan fingerprint density at radius 2 is 1.82 bits per heavy atom. The van der Waals surface area contributed by atoms with Crippen LogP contribution in [0.5, 0.6) is 0 Å². The van der Waals surface area contributed by atoms with E-state index in [4.69, 9.17) is 5.14 Å². The Morgan fingerprint density at radius 3 is 2.27 bits per heavy atom. The summed E-state index contributed by atoms with van der Waals surface area (Å²) < 4.78 is 59.2. The fraction of sp³-hybridized carbons (Fsp3) is 0.583. The second-order valence-corrected chi connectivity index (χ2v) is 6.83. The fourth-order valence-electron chi connectivity index (χ4n) is 2.20. The van der Waals surface area contributed by atoms with E-state index in [1.165, 1.54) is 6.07 Å². The molecular formula is C12H17F3N4O2S. The third-order valence-corrected chi connectivity index (χ3v) is 4.22. The lowest BCUT2D eigenvalue weighted by Crippen LogP contribution is -2.48. The molecule has 1 aliphatic rings. The van der Waals surface area contributed by atoms with Gasteiger partial charge in [-0.2, -0.15) is 13.2 Å². The smallest absolute Gasteiger partial charge is 0.354 e. The van der Waals surface area contributed by atoms with E-state index in [1.54, 1.807) is 0 Å². The molecule has 0 radical (unpaired) electrons. The minimum absolute atomic E-state index is 0.106. The minimum atomic E-state index is -4.39. The predicted octanol–water partition coefficient (Wildman–Crippen LogP) is 0.511. The van der Waals surface area contributed by atoms with E-state index >= 15 is 0 Å². The zero-order valence-corrected chi connectivity index (χ0v) is 12.6. The maximum absolute atomic E-state index is 12.5. The number of aromatic nitrogens is 1. The maximum Gasteiger partial charge on any atom is 0.417 e. The summed E-state index contributed by atoms with van der Waals surface area (Å²) in [5.74, 6) is 0.380. The van der Waals surface area contributed by atoms with Gasteiger partial charge in [-0.3, -0.25) is 4.90 Å². The van der Waals surface area contributed by atoms with Gasteiger partial charge in [0.05, 0.1) is 11.3 Å². The summed E-state index contributed by atoms with van der Waals surface area (Å²) in [5, 5.41) is 4.95. The first-order valence-electron chi connectivity index (χ1n) is 6.66. The molecule has 22 heavy (non-hydrogen) atoms. The van der Waals surface area contributed by atoms with Gasteiger partial charge in [0, 0.05) is 38.9 Å². The Balaban J connectivity index is 1.89. The van der Waals surface area contributed by atoms with E-state index in [2.05, 4.69) is 4.98 Å². The van der Waals surface area contributed by atoms with Gasteiger partial charge in [-0.25, -0.2) is 18.5 Å². The van der Waals surface area contributed by atoms with Gasteiger partial charge >= 0.3 is 6.18 Å². The van der Waals surface area contributed by atoms with Crippen LogP contribution in [0.15, 0.2) is 18.3 Å². The molecule has 0 unspecified atom stereocenters. The highest BCUT2D eigenvalue weighted by Gasteiger charge is 2.31. The molecule has 0 spiro atoms. The van der Waals surface area contributed by atoms with E-state index in [0.29, 0.717) is 38.5 Å². The Morgan fingerprint density at radius 1 is 1.18 bits per heavy atom. The Bertz CT molecular complexity index is 596. The molecule has 0 bridgehead atoms. The van der Waals surface area contributed by atoms with Crippen molar-refractivity contribution in [1.82, 2.24) is 9.88 Å². The number of hydrogen-bond donors (Lipinski definition) is 1. The van der Waals surface area contributed by atoms with Crippen molar-refractivity contribution >= 4 is 15.8 Å². The maximum atomic E-state index is 12.5. The lowest BCUT2D eigenvalue weighted by atomic mass is 10.2. The molecule has 1 aliphatic heterocycles. The Kier molecular flexibility index (Phi) is 4.93. The van der Waals surface area contributed by atoms with E-state index in [9.17, 15) is 21.6 Å². The molecule has 0 aliphatic carbocycles. The van der Waals surface area contributed by atoms with Crippen molar-refractivity contribution in [3.63, 3.8) is 0 Å². The van der Waals surface area contributed by atoms with Gasteiger partial charge < -0.3 is 4.90 Å². The van der Waals surface area contributed by atoms with Crippen LogP contribution in [0.25, 0.3) is 0 Å². The summed E-state index contributed by atoms with van der Waals surface area (Å²) in [6.45, 7) is 2.72. The molecule has 10 heteroatoms. The number of nitrogens with two attached hydrogens (primary N) is 1. The van der Waals surface area contributed by atoms with E-state index in [0.717, 1.165) is 12.3 Å². The fourth-order valence-corrected chi connectivity index (χ4v) is 2.71. The quantitative estimate of drug-likeness (QED) is 0.865. The highest BCUT2D eigenvalue weighted by atomic mass is 32.2. The third kappa shape index (κ3) is 4.82. The van der Waals surface area contributed by atoms with Gasteiger partial charge in [0.25, 0.3) is 0 Å². The van der Waals surface area contributed by atoms with Gasteiger partial charge in [0.15, 0.2) is 0 Å². The van der Waals surface area contributed by atoms with Gasteiger partial charge in [0.2, 0.25) is 10.0 Å². The van der Waals surface area contributed by atoms with E-state index in [1.807, 2.05) is 9.80 Å². The number of anilines is 1. The van der Waals surface area contributed by atoms with Crippen molar-refractivity contribution in [1.29, 1.82) is 0 Å². The van der Waals surface area contributed by atoms with Crippen LogP contribution in [0, 0.1) is 0 Å². The van der Waals surface area contributed by atoms with Crippen molar-refractivity contribution in [2.45, 2.75) is 6.18 Å². The molecule has 6 nitrogen and oxygen atoms in total. The molecule has 0 aromatic carbocycles. The number of pyridine rings is 1. The van der Waals surface area contributed by atoms with E-state index < -0.39 is 21.8 Å². The molecule has 0 atom stereocenters. The number of rotatable bonds is 4. The molecular weight excluding hydrogens is 321 g/mol. The molecule has 2 heterocycles. The van der Waals surface area contributed by atoms with Crippen LogP contribution in [0.3, 0.4) is 0 Å². The summed E-state index contributed by atoms with van der Waals surface area (Å²) >= 11 is 0. The summed E-state index contributed by atoms with van der Waals surface area (Å²) in [4.78, 5) is 7.67. The average molecular weight is 338 g/mol. The summed E-state index contributed by atoms with van der Waals surface area (Å²) in [5.41, 5.74) is -0.775. The van der Waals surface area contributed by atoms with Gasteiger partial charge in [-0.05, 0) is 12.1 Å². The number of primary sulfonamides is 1. The molecule has 1 fully saturated rings. The Labute approximate surface area is 126 Å². The van der Waals surface area contributed by atoms with Crippen LogP contribution in [-0.2, 0) is 16.2 Å². The molecule has 2 N–H and O–H groups in total. The first-order valence-corrected chi connectivity index (χ1v) is 8.38. The number of piperazine rings is 1. The molecule has 0 saturated carbocycles. The number of halogens is 3. The second-order valence-electron chi connectivity index (χ2n) is 5.10. The van der Waals surface area contributed by atoms with Crippen molar-refractivity contribution in [2.75, 3.05) is 43.4 Å². The lowest BCUT2D eigenvalue weighted by Gasteiger charge is -2.35. The summed E-state index contributed by atoms with van der Waals surface area (Å²) in [6, 6.07) is 2.36. The van der Waals surface area contributed by atoms with Crippen LogP contribution in [0.4, 0.5) is 19.0 Å². The topological polar surface area (TPSA) is 79.5 Å². The highest BCUT2D eigenvalue weighted by molar-refractivity contribution is 7.89. The molecule has 1 aromatic heterocycles. The van der Waals surface area contributed by atoms with Crippen molar-refractivity contribution in [2.24, 2.45) is 5.14 Å². The highest BCUT2D eigenvalue weighted by Crippen LogP contribution is 2.29. The number of nitrogens with zero attached hydrogens (tertiary/aromatic N) is 3. The zero-order chi connectivity index (χ0) is 16.4. The molecule has 0 amide bonds. The number of sulfonamides is 1. The van der Waals surface area contributed by atoms with Crippen LogP contribution >= 0.6 is 0 Å². The molecule has 124 valence electrons. The molecule has 1 saturated heterocycles. The number of alkyl halides is 3. The van der Waals surface area contributed by atoms with Gasteiger partial charge in [0.1, 0.15) is 5.82 Å². The number of hydrogen-bond acceptors (Lipinski definition) is 5. The van der Waals surface area contributed by atoms with Crippen LogP contribution in [0.1, 0.15) is 5.56 Å². The Hall–Kier alpha value is -1.39.